The Labute approximate surface area is 77.4 Å². The fraction of sp³-hybridized carbons (Fsp3) is 0.600. The number of hydrogen-bond donors (Lipinski definition) is 2. The lowest BCUT2D eigenvalue weighted by Crippen LogP contribution is -2.36. The Morgan fingerprint density at radius 2 is 2.23 bits per heavy atom. The second kappa shape index (κ2) is 2.59. The van der Waals surface area contributed by atoms with Gasteiger partial charge in [0.25, 0.3) is 0 Å². The van der Waals surface area contributed by atoms with Crippen molar-refractivity contribution >= 4 is 0 Å². The SMILES string of the molecule is OC1c2c[nH]cc2CCN1C1CC1. The van der Waals surface area contributed by atoms with Gasteiger partial charge in [0.15, 0.2) is 0 Å². The zero-order chi connectivity index (χ0) is 8.84. The molecule has 70 valence electrons. The van der Waals surface area contributed by atoms with Crippen molar-refractivity contribution in [2.24, 2.45) is 0 Å². The number of rotatable bonds is 1. The molecular formula is C10H14N2O. The molecule has 0 aromatic carbocycles. The Bertz CT molecular complexity index is 316. The Morgan fingerprint density at radius 1 is 1.38 bits per heavy atom. The quantitative estimate of drug-likeness (QED) is 0.674. The molecule has 1 aromatic rings. The molecule has 1 aliphatic heterocycles. The second-order valence-corrected chi connectivity index (χ2v) is 4.03. The maximum atomic E-state index is 10.0. The van der Waals surface area contributed by atoms with Gasteiger partial charge in [0.2, 0.25) is 0 Å². The van der Waals surface area contributed by atoms with E-state index in [0.29, 0.717) is 6.04 Å². The van der Waals surface area contributed by atoms with Crippen LogP contribution in [0.2, 0.25) is 0 Å². The molecule has 3 rings (SSSR count). The monoisotopic (exact) mass is 178 g/mol. The summed E-state index contributed by atoms with van der Waals surface area (Å²) in [5.74, 6) is 0. The van der Waals surface area contributed by atoms with Crippen LogP contribution in [0.15, 0.2) is 12.4 Å². The standard InChI is InChI=1S/C10H14N2O/c13-10-9-6-11-5-7(9)3-4-12(10)8-1-2-8/h5-6,8,10-11,13H,1-4H2. The van der Waals surface area contributed by atoms with E-state index >= 15 is 0 Å². The van der Waals surface area contributed by atoms with Crippen LogP contribution in [0.25, 0.3) is 0 Å². The number of aliphatic hydroxyl groups is 1. The summed E-state index contributed by atoms with van der Waals surface area (Å²) in [4.78, 5) is 5.28. The minimum absolute atomic E-state index is 0.359. The second-order valence-electron chi connectivity index (χ2n) is 4.03. The van der Waals surface area contributed by atoms with Crippen LogP contribution < -0.4 is 0 Å². The van der Waals surface area contributed by atoms with Crippen LogP contribution in [0.3, 0.4) is 0 Å². The molecular weight excluding hydrogens is 164 g/mol. The van der Waals surface area contributed by atoms with E-state index in [4.69, 9.17) is 0 Å². The first kappa shape index (κ1) is 7.59. The van der Waals surface area contributed by atoms with E-state index in [9.17, 15) is 5.11 Å². The molecule has 0 amide bonds. The van der Waals surface area contributed by atoms with Crippen LogP contribution in [0.4, 0.5) is 0 Å². The van der Waals surface area contributed by atoms with E-state index in [-0.39, 0.29) is 6.23 Å². The zero-order valence-electron chi connectivity index (χ0n) is 7.53. The van der Waals surface area contributed by atoms with Gasteiger partial charge in [0.05, 0.1) is 0 Å². The molecule has 1 aromatic heterocycles. The predicted octanol–water partition coefficient (Wildman–Crippen LogP) is 1.03. The van der Waals surface area contributed by atoms with Crippen molar-refractivity contribution in [2.75, 3.05) is 6.54 Å². The number of nitrogens with one attached hydrogen (secondary N) is 1. The first-order valence-corrected chi connectivity index (χ1v) is 4.95. The molecule has 0 spiro atoms. The highest BCUT2D eigenvalue weighted by atomic mass is 16.3. The minimum Gasteiger partial charge on any atom is -0.374 e. The highest BCUT2D eigenvalue weighted by Crippen LogP contribution is 2.36. The van der Waals surface area contributed by atoms with Crippen LogP contribution in [0, 0.1) is 0 Å². The summed E-state index contributed by atoms with van der Waals surface area (Å²) < 4.78 is 0. The van der Waals surface area contributed by atoms with Gasteiger partial charge in [0.1, 0.15) is 6.23 Å². The number of H-pyrrole nitrogens is 1. The zero-order valence-corrected chi connectivity index (χ0v) is 7.53. The van der Waals surface area contributed by atoms with Crippen LogP contribution in [-0.2, 0) is 6.42 Å². The third kappa shape index (κ3) is 1.11. The van der Waals surface area contributed by atoms with Crippen molar-refractivity contribution in [2.45, 2.75) is 31.5 Å². The summed E-state index contributed by atoms with van der Waals surface area (Å²) in [6.45, 7) is 1.01. The summed E-state index contributed by atoms with van der Waals surface area (Å²) in [5, 5.41) is 10.0. The molecule has 2 aliphatic rings. The summed E-state index contributed by atoms with van der Waals surface area (Å²) in [6.07, 6.45) is 7.17. The maximum Gasteiger partial charge on any atom is 0.135 e. The lowest BCUT2D eigenvalue weighted by Gasteiger charge is -2.32. The van der Waals surface area contributed by atoms with Gasteiger partial charge in [-0.15, -0.1) is 0 Å². The highest BCUT2D eigenvalue weighted by molar-refractivity contribution is 5.28. The van der Waals surface area contributed by atoms with E-state index < -0.39 is 0 Å². The maximum absolute atomic E-state index is 10.0. The number of aliphatic hydroxyl groups excluding tert-OH is 1. The smallest absolute Gasteiger partial charge is 0.135 e. The van der Waals surface area contributed by atoms with E-state index in [1.165, 1.54) is 18.4 Å². The summed E-state index contributed by atoms with van der Waals surface area (Å²) >= 11 is 0. The summed E-state index contributed by atoms with van der Waals surface area (Å²) in [5.41, 5.74) is 2.36. The average Bonchev–Trinajstić information content (AvgIpc) is 2.83. The van der Waals surface area contributed by atoms with Crippen LogP contribution in [0.5, 0.6) is 0 Å². The van der Waals surface area contributed by atoms with Gasteiger partial charge in [-0.05, 0) is 24.8 Å². The van der Waals surface area contributed by atoms with Gasteiger partial charge in [-0.3, -0.25) is 4.90 Å². The Kier molecular flexibility index (Phi) is 1.51. The summed E-state index contributed by atoms with van der Waals surface area (Å²) in [6, 6.07) is 0.651. The molecule has 1 aliphatic carbocycles. The Morgan fingerprint density at radius 3 is 3.00 bits per heavy atom. The normalized spacial score (nSPS) is 28.8. The molecule has 1 atom stereocenters. The van der Waals surface area contributed by atoms with E-state index in [0.717, 1.165) is 18.5 Å². The Balaban J connectivity index is 1.91. The topological polar surface area (TPSA) is 39.3 Å². The van der Waals surface area contributed by atoms with Gasteiger partial charge >= 0.3 is 0 Å². The summed E-state index contributed by atoms with van der Waals surface area (Å²) in [7, 11) is 0. The molecule has 1 saturated carbocycles. The fourth-order valence-corrected chi connectivity index (χ4v) is 2.20. The lowest BCUT2D eigenvalue weighted by atomic mass is 10.0. The van der Waals surface area contributed by atoms with Gasteiger partial charge in [0, 0.05) is 30.5 Å². The van der Waals surface area contributed by atoms with Crippen molar-refractivity contribution in [1.82, 2.24) is 9.88 Å². The first-order chi connectivity index (χ1) is 6.36. The highest BCUT2D eigenvalue weighted by Gasteiger charge is 2.36. The molecule has 3 nitrogen and oxygen atoms in total. The molecule has 3 heteroatoms. The lowest BCUT2D eigenvalue weighted by molar-refractivity contribution is -0.0119. The largest absolute Gasteiger partial charge is 0.374 e. The van der Waals surface area contributed by atoms with E-state index in [1.807, 2.05) is 12.4 Å². The molecule has 13 heavy (non-hydrogen) atoms. The van der Waals surface area contributed by atoms with Gasteiger partial charge in [-0.25, -0.2) is 0 Å². The van der Waals surface area contributed by atoms with Crippen LogP contribution in [0.1, 0.15) is 30.2 Å². The van der Waals surface area contributed by atoms with Gasteiger partial charge < -0.3 is 10.1 Å². The number of aromatic amines is 1. The Hall–Kier alpha value is -0.800. The molecule has 0 bridgehead atoms. The fourth-order valence-electron chi connectivity index (χ4n) is 2.20. The van der Waals surface area contributed by atoms with Gasteiger partial charge in [-0.1, -0.05) is 0 Å². The minimum atomic E-state index is -0.359. The molecule has 2 heterocycles. The third-order valence-electron chi connectivity index (χ3n) is 3.11. The van der Waals surface area contributed by atoms with Gasteiger partial charge in [-0.2, -0.15) is 0 Å². The number of hydrogen-bond acceptors (Lipinski definition) is 2. The van der Waals surface area contributed by atoms with Crippen LogP contribution in [-0.4, -0.2) is 27.6 Å². The molecule has 0 saturated heterocycles. The molecule has 2 N–H and O–H groups in total. The van der Waals surface area contributed by atoms with Crippen molar-refractivity contribution in [3.05, 3.63) is 23.5 Å². The van der Waals surface area contributed by atoms with Crippen molar-refractivity contribution in [3.63, 3.8) is 0 Å². The predicted molar refractivity (Wildman–Crippen MR) is 49.2 cm³/mol. The third-order valence-corrected chi connectivity index (χ3v) is 3.11. The number of fused-ring (bicyclic) bond motifs is 1. The molecule has 1 unspecified atom stereocenters. The van der Waals surface area contributed by atoms with Crippen molar-refractivity contribution in [3.8, 4) is 0 Å². The van der Waals surface area contributed by atoms with Crippen LogP contribution >= 0.6 is 0 Å². The first-order valence-electron chi connectivity index (χ1n) is 4.95. The number of nitrogens with zero attached hydrogens (tertiary/aromatic N) is 1. The van der Waals surface area contributed by atoms with E-state index in [1.54, 1.807) is 0 Å². The molecule has 0 radical (unpaired) electrons. The van der Waals surface area contributed by atoms with Crippen molar-refractivity contribution < 1.29 is 5.11 Å². The number of aromatic nitrogens is 1. The average molecular weight is 178 g/mol. The molecule has 1 fully saturated rings. The van der Waals surface area contributed by atoms with Crippen molar-refractivity contribution in [1.29, 1.82) is 0 Å². The van der Waals surface area contributed by atoms with E-state index in [2.05, 4.69) is 9.88 Å².